The van der Waals surface area contributed by atoms with Gasteiger partial charge in [-0.2, -0.15) is 0 Å². The van der Waals surface area contributed by atoms with Crippen molar-refractivity contribution in [2.24, 2.45) is 5.73 Å². The van der Waals surface area contributed by atoms with Gasteiger partial charge in [0, 0.05) is 27.5 Å². The molecule has 0 spiro atoms. The molecule has 1 aromatic heterocycles. The van der Waals surface area contributed by atoms with Crippen molar-refractivity contribution in [1.82, 2.24) is 4.98 Å². The molecule has 0 fully saturated rings. The van der Waals surface area contributed by atoms with Crippen molar-refractivity contribution in [2.45, 2.75) is 13.8 Å². The highest BCUT2D eigenvalue weighted by molar-refractivity contribution is 6.20. The number of anilines is 1. The third-order valence-electron chi connectivity index (χ3n) is 5.09. The standard InChI is InChI=1S/C22H19N3O2/c1-11-14(4-3-5-18(11)23)15-8-9-17(22(24)27)21-20(15)16-7-6-13(12(2)26)10-19(16)25-21/h3-10,25H,23H2,1-2H3,(H2,24,27). The summed E-state index contributed by atoms with van der Waals surface area (Å²) >= 11 is 0. The van der Waals surface area contributed by atoms with Crippen LogP contribution in [0, 0.1) is 6.92 Å². The maximum Gasteiger partial charge on any atom is 0.250 e. The lowest BCUT2D eigenvalue weighted by Crippen LogP contribution is -2.11. The molecule has 5 N–H and O–H groups in total. The van der Waals surface area contributed by atoms with Crippen LogP contribution in [0.25, 0.3) is 32.9 Å². The number of carbonyl (C=O) groups is 2. The fourth-order valence-corrected chi connectivity index (χ4v) is 3.61. The Morgan fingerprint density at radius 3 is 2.48 bits per heavy atom. The topological polar surface area (TPSA) is 102 Å². The number of amides is 1. The molecule has 5 heteroatoms. The zero-order valence-electron chi connectivity index (χ0n) is 15.1. The van der Waals surface area contributed by atoms with E-state index in [0.29, 0.717) is 22.3 Å². The van der Waals surface area contributed by atoms with E-state index in [9.17, 15) is 9.59 Å². The van der Waals surface area contributed by atoms with Crippen molar-refractivity contribution in [3.05, 3.63) is 65.2 Å². The molecule has 0 saturated carbocycles. The van der Waals surface area contributed by atoms with Crippen LogP contribution in [0.15, 0.2) is 48.5 Å². The first-order valence-corrected chi connectivity index (χ1v) is 8.63. The molecule has 0 bridgehead atoms. The predicted molar refractivity (Wildman–Crippen MR) is 109 cm³/mol. The lowest BCUT2D eigenvalue weighted by molar-refractivity contribution is 0.0997. The van der Waals surface area contributed by atoms with E-state index < -0.39 is 5.91 Å². The SMILES string of the molecule is CC(=O)c1ccc2c(c1)[nH]c1c(C(N)=O)ccc(-c3cccc(N)c3C)c12. The summed E-state index contributed by atoms with van der Waals surface area (Å²) in [6.45, 7) is 3.50. The highest BCUT2D eigenvalue weighted by atomic mass is 16.1. The predicted octanol–water partition coefficient (Wildman–Crippen LogP) is 4.18. The Bertz CT molecular complexity index is 1250. The minimum Gasteiger partial charge on any atom is -0.398 e. The molecule has 0 saturated heterocycles. The molecular formula is C22H19N3O2. The smallest absolute Gasteiger partial charge is 0.250 e. The first-order valence-electron chi connectivity index (χ1n) is 8.63. The summed E-state index contributed by atoms with van der Waals surface area (Å²) in [7, 11) is 0. The molecule has 4 aromatic rings. The van der Waals surface area contributed by atoms with Crippen molar-refractivity contribution < 1.29 is 9.59 Å². The maximum atomic E-state index is 12.0. The molecule has 1 amide bonds. The van der Waals surface area contributed by atoms with Gasteiger partial charge in [-0.05, 0) is 48.7 Å². The molecule has 0 aliphatic carbocycles. The summed E-state index contributed by atoms with van der Waals surface area (Å²) in [4.78, 5) is 27.0. The van der Waals surface area contributed by atoms with Gasteiger partial charge in [0.05, 0.1) is 11.1 Å². The number of carbonyl (C=O) groups excluding carboxylic acids is 2. The van der Waals surface area contributed by atoms with Gasteiger partial charge in [-0.3, -0.25) is 9.59 Å². The van der Waals surface area contributed by atoms with Crippen LogP contribution in [0.2, 0.25) is 0 Å². The van der Waals surface area contributed by atoms with Crippen LogP contribution in [-0.2, 0) is 0 Å². The van der Waals surface area contributed by atoms with Crippen LogP contribution >= 0.6 is 0 Å². The van der Waals surface area contributed by atoms with E-state index in [0.717, 1.165) is 33.0 Å². The van der Waals surface area contributed by atoms with Crippen LogP contribution in [0.5, 0.6) is 0 Å². The molecule has 134 valence electrons. The number of hydrogen-bond acceptors (Lipinski definition) is 3. The second kappa shape index (κ2) is 5.99. The van der Waals surface area contributed by atoms with Crippen LogP contribution in [0.3, 0.4) is 0 Å². The molecule has 4 rings (SSSR count). The zero-order valence-corrected chi connectivity index (χ0v) is 15.1. The van der Waals surface area contributed by atoms with Gasteiger partial charge in [0.1, 0.15) is 0 Å². The first kappa shape index (κ1) is 16.8. The van der Waals surface area contributed by atoms with Gasteiger partial charge in [-0.15, -0.1) is 0 Å². The molecule has 0 atom stereocenters. The molecule has 0 aliphatic heterocycles. The number of nitrogens with two attached hydrogens (primary N) is 2. The number of primary amides is 1. The Balaban J connectivity index is 2.16. The van der Waals surface area contributed by atoms with Gasteiger partial charge in [-0.25, -0.2) is 0 Å². The van der Waals surface area contributed by atoms with E-state index in [2.05, 4.69) is 4.98 Å². The van der Waals surface area contributed by atoms with E-state index in [-0.39, 0.29) is 5.78 Å². The van der Waals surface area contributed by atoms with E-state index in [1.165, 1.54) is 6.92 Å². The summed E-state index contributed by atoms with van der Waals surface area (Å²) in [5.74, 6) is -0.522. The summed E-state index contributed by atoms with van der Waals surface area (Å²) in [5.41, 5.74) is 17.8. The van der Waals surface area contributed by atoms with Gasteiger partial charge in [0.2, 0.25) is 0 Å². The highest BCUT2D eigenvalue weighted by Crippen LogP contribution is 2.38. The van der Waals surface area contributed by atoms with Crippen molar-refractivity contribution in [2.75, 3.05) is 5.73 Å². The Labute approximate surface area is 156 Å². The number of ketones is 1. The van der Waals surface area contributed by atoms with Gasteiger partial charge >= 0.3 is 0 Å². The molecule has 3 aromatic carbocycles. The minimum atomic E-state index is -0.505. The van der Waals surface area contributed by atoms with Crippen molar-refractivity contribution >= 4 is 39.2 Å². The van der Waals surface area contributed by atoms with Crippen LogP contribution < -0.4 is 11.5 Å². The van der Waals surface area contributed by atoms with E-state index in [4.69, 9.17) is 11.5 Å². The number of Topliss-reactive ketones (excluding diaryl/α,β-unsaturated/α-hetero) is 1. The van der Waals surface area contributed by atoms with Gasteiger partial charge in [0.25, 0.3) is 5.91 Å². The first-order chi connectivity index (χ1) is 12.9. The van der Waals surface area contributed by atoms with E-state index in [1.807, 2.05) is 37.3 Å². The Hall–Kier alpha value is -3.60. The second-order valence-corrected chi connectivity index (χ2v) is 6.74. The van der Waals surface area contributed by atoms with Gasteiger partial charge in [0.15, 0.2) is 5.78 Å². The lowest BCUT2D eigenvalue weighted by atomic mass is 9.93. The molecule has 27 heavy (non-hydrogen) atoms. The third kappa shape index (κ3) is 2.56. The number of benzene rings is 3. The fraction of sp³-hybridized carbons (Fsp3) is 0.0909. The molecule has 0 unspecified atom stereocenters. The third-order valence-corrected chi connectivity index (χ3v) is 5.09. The lowest BCUT2D eigenvalue weighted by Gasteiger charge is -2.11. The summed E-state index contributed by atoms with van der Waals surface area (Å²) in [6.07, 6.45) is 0. The van der Waals surface area contributed by atoms with Crippen molar-refractivity contribution in [3.63, 3.8) is 0 Å². The van der Waals surface area contributed by atoms with Crippen molar-refractivity contribution in [3.8, 4) is 11.1 Å². The average molecular weight is 357 g/mol. The highest BCUT2D eigenvalue weighted by Gasteiger charge is 2.18. The number of hydrogen-bond donors (Lipinski definition) is 3. The number of fused-ring (bicyclic) bond motifs is 3. The quantitative estimate of drug-likeness (QED) is 0.378. The zero-order chi connectivity index (χ0) is 19.3. The summed E-state index contributed by atoms with van der Waals surface area (Å²) in [6, 6.07) is 14.9. The number of aromatic amines is 1. The fourth-order valence-electron chi connectivity index (χ4n) is 3.61. The largest absolute Gasteiger partial charge is 0.398 e. The van der Waals surface area contributed by atoms with Gasteiger partial charge < -0.3 is 16.5 Å². The second-order valence-electron chi connectivity index (χ2n) is 6.74. The minimum absolute atomic E-state index is 0.0161. The van der Waals surface area contributed by atoms with E-state index in [1.54, 1.807) is 18.2 Å². The molecule has 0 radical (unpaired) electrons. The summed E-state index contributed by atoms with van der Waals surface area (Å²) in [5, 5.41) is 1.82. The molecule has 5 nitrogen and oxygen atoms in total. The average Bonchev–Trinajstić information content (AvgIpc) is 3.01. The Morgan fingerprint density at radius 2 is 1.78 bits per heavy atom. The molecule has 1 heterocycles. The monoisotopic (exact) mass is 357 g/mol. The van der Waals surface area contributed by atoms with Crippen molar-refractivity contribution in [1.29, 1.82) is 0 Å². The Morgan fingerprint density at radius 1 is 1.00 bits per heavy atom. The van der Waals surface area contributed by atoms with Gasteiger partial charge in [-0.1, -0.05) is 30.3 Å². The van der Waals surface area contributed by atoms with Crippen LogP contribution in [0.4, 0.5) is 5.69 Å². The number of nitrogen functional groups attached to an aromatic ring is 1. The number of H-pyrrole nitrogens is 1. The Kier molecular flexibility index (Phi) is 3.73. The number of nitrogens with one attached hydrogen (secondary N) is 1. The molecule has 0 aliphatic rings. The van der Waals surface area contributed by atoms with Crippen LogP contribution in [-0.4, -0.2) is 16.7 Å². The maximum absolute atomic E-state index is 12.0. The molecular weight excluding hydrogens is 338 g/mol. The number of rotatable bonds is 3. The summed E-state index contributed by atoms with van der Waals surface area (Å²) < 4.78 is 0. The van der Waals surface area contributed by atoms with E-state index >= 15 is 0 Å². The van der Waals surface area contributed by atoms with Crippen LogP contribution in [0.1, 0.15) is 33.2 Å². The number of aromatic nitrogens is 1. The normalized spacial score (nSPS) is 11.2.